The van der Waals surface area contributed by atoms with Gasteiger partial charge in [0.2, 0.25) is 5.91 Å². The van der Waals surface area contributed by atoms with E-state index in [9.17, 15) is 9.59 Å². The van der Waals surface area contributed by atoms with Crippen molar-refractivity contribution in [3.8, 4) is 11.5 Å². The summed E-state index contributed by atoms with van der Waals surface area (Å²) in [5.41, 5.74) is 3.12. The van der Waals surface area contributed by atoms with Crippen molar-refractivity contribution in [2.24, 2.45) is 5.92 Å². The summed E-state index contributed by atoms with van der Waals surface area (Å²) in [7, 11) is 3.14. The Morgan fingerprint density at radius 3 is 1.79 bits per heavy atom. The zero-order chi connectivity index (χ0) is 27.2. The van der Waals surface area contributed by atoms with Gasteiger partial charge < -0.3 is 19.3 Å². The second-order valence-corrected chi connectivity index (χ2v) is 10.2. The number of carbonyl (C=O) groups excluding carboxylic acids is 2. The van der Waals surface area contributed by atoms with Gasteiger partial charge in [0.15, 0.2) is 11.5 Å². The minimum atomic E-state index is -0.0386. The van der Waals surface area contributed by atoms with E-state index in [2.05, 4.69) is 65.6 Å². The second-order valence-electron chi connectivity index (χ2n) is 10.2. The van der Waals surface area contributed by atoms with E-state index in [0.29, 0.717) is 43.0 Å². The van der Waals surface area contributed by atoms with Crippen LogP contribution in [-0.4, -0.2) is 80.0 Å². The molecule has 0 radical (unpaired) electrons. The molecule has 0 unspecified atom stereocenters. The predicted molar refractivity (Wildman–Crippen MR) is 151 cm³/mol. The number of ether oxygens (including phenoxy) is 2. The molecule has 2 saturated heterocycles. The zero-order valence-electron chi connectivity index (χ0n) is 22.8. The van der Waals surface area contributed by atoms with Crippen LogP contribution in [0.25, 0.3) is 0 Å². The van der Waals surface area contributed by atoms with E-state index in [-0.39, 0.29) is 23.8 Å². The lowest BCUT2D eigenvalue weighted by Crippen LogP contribution is -2.52. The lowest BCUT2D eigenvalue weighted by Gasteiger charge is -2.41. The molecule has 39 heavy (non-hydrogen) atoms. The second kappa shape index (κ2) is 12.3. The van der Waals surface area contributed by atoms with E-state index in [1.165, 1.54) is 11.1 Å². The van der Waals surface area contributed by atoms with Crippen molar-refractivity contribution in [3.63, 3.8) is 0 Å². The fourth-order valence-electron chi connectivity index (χ4n) is 5.82. The van der Waals surface area contributed by atoms with Crippen LogP contribution in [0, 0.1) is 5.92 Å². The fraction of sp³-hybridized carbons (Fsp3) is 0.375. The topological polar surface area (TPSA) is 62.3 Å². The van der Waals surface area contributed by atoms with E-state index < -0.39 is 0 Å². The average Bonchev–Trinajstić information content (AvgIpc) is 3.01. The van der Waals surface area contributed by atoms with Crippen LogP contribution in [-0.2, 0) is 4.79 Å². The van der Waals surface area contributed by atoms with E-state index in [1.54, 1.807) is 32.4 Å². The molecule has 2 aliphatic rings. The van der Waals surface area contributed by atoms with Gasteiger partial charge in [0.1, 0.15) is 0 Å². The molecule has 2 heterocycles. The van der Waals surface area contributed by atoms with Crippen molar-refractivity contribution in [2.75, 3.05) is 53.5 Å². The molecule has 7 nitrogen and oxygen atoms in total. The molecule has 2 amide bonds. The molecule has 0 spiro atoms. The van der Waals surface area contributed by atoms with Gasteiger partial charge in [0, 0.05) is 50.7 Å². The number of hydrogen-bond acceptors (Lipinski definition) is 5. The number of piperidine rings is 1. The number of likely N-dealkylation sites (tertiary alicyclic amines) is 1. The summed E-state index contributed by atoms with van der Waals surface area (Å²) in [5.74, 6) is 1.28. The lowest BCUT2D eigenvalue weighted by molar-refractivity contribution is -0.139. The van der Waals surface area contributed by atoms with Crippen molar-refractivity contribution < 1.29 is 19.1 Å². The quantitative estimate of drug-likeness (QED) is 0.453. The highest BCUT2D eigenvalue weighted by Crippen LogP contribution is 2.31. The van der Waals surface area contributed by atoms with Gasteiger partial charge in [-0.25, -0.2) is 0 Å². The summed E-state index contributed by atoms with van der Waals surface area (Å²) in [6, 6.07) is 26.6. The summed E-state index contributed by atoms with van der Waals surface area (Å²) < 4.78 is 10.6. The highest BCUT2D eigenvalue weighted by atomic mass is 16.5. The van der Waals surface area contributed by atoms with Crippen molar-refractivity contribution in [2.45, 2.75) is 18.9 Å². The first-order valence-corrected chi connectivity index (χ1v) is 13.7. The molecule has 3 aromatic rings. The molecule has 0 aliphatic carbocycles. The smallest absolute Gasteiger partial charge is 0.253 e. The molecule has 2 aliphatic heterocycles. The van der Waals surface area contributed by atoms with Crippen LogP contribution in [0.5, 0.6) is 11.5 Å². The van der Waals surface area contributed by atoms with Crippen molar-refractivity contribution in [1.82, 2.24) is 14.7 Å². The lowest BCUT2D eigenvalue weighted by atomic mass is 9.93. The summed E-state index contributed by atoms with van der Waals surface area (Å²) in [5, 5.41) is 0. The Morgan fingerprint density at radius 2 is 1.26 bits per heavy atom. The third-order valence-corrected chi connectivity index (χ3v) is 7.98. The van der Waals surface area contributed by atoms with E-state index in [1.807, 2.05) is 9.80 Å². The van der Waals surface area contributed by atoms with Gasteiger partial charge in [-0.15, -0.1) is 0 Å². The molecular weight excluding hydrogens is 490 g/mol. The number of hydrogen-bond donors (Lipinski definition) is 0. The number of nitrogens with zero attached hydrogens (tertiary/aromatic N) is 3. The molecule has 7 heteroatoms. The van der Waals surface area contributed by atoms with E-state index in [4.69, 9.17) is 9.47 Å². The summed E-state index contributed by atoms with van der Waals surface area (Å²) in [4.78, 5) is 32.9. The molecule has 0 aromatic heterocycles. The van der Waals surface area contributed by atoms with Crippen LogP contribution < -0.4 is 9.47 Å². The number of rotatable bonds is 7. The molecule has 0 atom stereocenters. The Kier molecular flexibility index (Phi) is 8.47. The monoisotopic (exact) mass is 527 g/mol. The molecular formula is C32H37N3O4. The highest BCUT2D eigenvalue weighted by molar-refractivity contribution is 5.95. The molecule has 0 saturated carbocycles. The Balaban J connectivity index is 1.17. The Hall–Kier alpha value is -3.84. The fourth-order valence-corrected chi connectivity index (χ4v) is 5.82. The first-order valence-electron chi connectivity index (χ1n) is 13.7. The maximum absolute atomic E-state index is 13.4. The Morgan fingerprint density at radius 1 is 0.692 bits per heavy atom. The third-order valence-electron chi connectivity index (χ3n) is 7.98. The number of amides is 2. The molecule has 5 rings (SSSR count). The van der Waals surface area contributed by atoms with Crippen molar-refractivity contribution >= 4 is 11.8 Å². The third kappa shape index (κ3) is 5.93. The van der Waals surface area contributed by atoms with Gasteiger partial charge in [-0.05, 0) is 42.2 Å². The van der Waals surface area contributed by atoms with Crippen LogP contribution in [0.2, 0.25) is 0 Å². The van der Waals surface area contributed by atoms with E-state index >= 15 is 0 Å². The van der Waals surface area contributed by atoms with Crippen LogP contribution >= 0.6 is 0 Å². The molecule has 0 bridgehead atoms. The van der Waals surface area contributed by atoms with Crippen molar-refractivity contribution in [1.29, 1.82) is 0 Å². The average molecular weight is 528 g/mol. The SMILES string of the molecule is COc1ccc(C(=O)N2CCC(C(=O)N3CCN(C(c4ccccc4)c4ccccc4)CC3)CC2)cc1OC. The maximum Gasteiger partial charge on any atom is 0.253 e. The van der Waals surface area contributed by atoms with Crippen molar-refractivity contribution in [3.05, 3.63) is 95.6 Å². The standard InChI is InChI=1S/C32H37N3O4/c1-38-28-14-13-27(23-29(28)39-2)32(37)34-17-15-26(16-18-34)31(36)35-21-19-33(20-22-35)30(24-9-5-3-6-10-24)25-11-7-4-8-12-25/h3-14,23,26,30H,15-22H2,1-2H3. The number of benzene rings is 3. The highest BCUT2D eigenvalue weighted by Gasteiger charge is 2.34. The van der Waals surface area contributed by atoms with Crippen LogP contribution in [0.1, 0.15) is 40.4 Å². The van der Waals surface area contributed by atoms with Gasteiger partial charge in [-0.3, -0.25) is 14.5 Å². The predicted octanol–water partition coefficient (Wildman–Crippen LogP) is 4.49. The van der Waals surface area contributed by atoms with Crippen LogP contribution in [0.3, 0.4) is 0 Å². The largest absolute Gasteiger partial charge is 0.493 e. The van der Waals surface area contributed by atoms with Crippen LogP contribution in [0.15, 0.2) is 78.9 Å². The van der Waals surface area contributed by atoms with Gasteiger partial charge in [-0.1, -0.05) is 60.7 Å². The first-order chi connectivity index (χ1) is 19.1. The number of carbonyl (C=O) groups is 2. The summed E-state index contributed by atoms with van der Waals surface area (Å²) in [6.07, 6.45) is 1.38. The Labute approximate surface area is 230 Å². The van der Waals surface area contributed by atoms with Gasteiger partial charge in [-0.2, -0.15) is 0 Å². The zero-order valence-corrected chi connectivity index (χ0v) is 22.8. The van der Waals surface area contributed by atoms with Crippen LogP contribution in [0.4, 0.5) is 0 Å². The molecule has 3 aromatic carbocycles. The Bertz CT molecular complexity index is 1210. The first kappa shape index (κ1) is 26.8. The molecule has 0 N–H and O–H groups in total. The summed E-state index contributed by atoms with van der Waals surface area (Å²) in [6.45, 7) is 4.26. The molecule has 204 valence electrons. The van der Waals surface area contributed by atoms with Gasteiger partial charge in [0.05, 0.1) is 20.3 Å². The normalized spacial score (nSPS) is 16.8. The number of methoxy groups -OCH3 is 2. The van der Waals surface area contributed by atoms with E-state index in [0.717, 1.165) is 26.2 Å². The van der Waals surface area contributed by atoms with Gasteiger partial charge in [0.25, 0.3) is 5.91 Å². The summed E-state index contributed by atoms with van der Waals surface area (Å²) >= 11 is 0. The number of piperazine rings is 1. The maximum atomic E-state index is 13.4. The minimum Gasteiger partial charge on any atom is -0.493 e. The minimum absolute atomic E-state index is 0.0370. The molecule has 2 fully saturated rings. The van der Waals surface area contributed by atoms with Gasteiger partial charge >= 0.3 is 0 Å².